The van der Waals surface area contributed by atoms with Crippen LogP contribution in [0, 0.1) is 6.92 Å². The number of carbonyl (C=O) groups is 1. The van der Waals surface area contributed by atoms with Crippen LogP contribution in [0.3, 0.4) is 0 Å². The van der Waals surface area contributed by atoms with Crippen molar-refractivity contribution < 1.29 is 19.1 Å². The standard InChI is InChI=1S/C13H14O4/c1-7(2)16-9-5-4-6-10-11(9)8(3)12(17-10)13(14)15/h4-7H,1-3H3,(H,14,15). The molecule has 0 aliphatic heterocycles. The number of fused-ring (bicyclic) bond motifs is 1. The first-order valence-corrected chi connectivity index (χ1v) is 5.42. The molecule has 0 aliphatic carbocycles. The highest BCUT2D eigenvalue weighted by Gasteiger charge is 2.19. The van der Waals surface area contributed by atoms with Gasteiger partial charge in [-0.05, 0) is 32.9 Å². The van der Waals surface area contributed by atoms with Gasteiger partial charge in [0.15, 0.2) is 0 Å². The molecular formula is C13H14O4. The van der Waals surface area contributed by atoms with Crippen molar-refractivity contribution in [2.75, 3.05) is 0 Å². The normalized spacial score (nSPS) is 11.1. The van der Waals surface area contributed by atoms with Crippen molar-refractivity contribution in [1.82, 2.24) is 0 Å². The highest BCUT2D eigenvalue weighted by atomic mass is 16.5. The van der Waals surface area contributed by atoms with Crippen LogP contribution in [0.5, 0.6) is 5.75 Å². The minimum absolute atomic E-state index is 0.0280. The molecule has 1 aromatic carbocycles. The number of carboxylic acid groups (broad SMARTS) is 1. The van der Waals surface area contributed by atoms with E-state index in [-0.39, 0.29) is 11.9 Å². The van der Waals surface area contributed by atoms with Crippen molar-refractivity contribution in [1.29, 1.82) is 0 Å². The summed E-state index contributed by atoms with van der Waals surface area (Å²) in [6.07, 6.45) is 0.0307. The highest BCUT2D eigenvalue weighted by Crippen LogP contribution is 2.33. The number of carboxylic acids is 1. The second kappa shape index (κ2) is 4.13. The third-order valence-electron chi connectivity index (χ3n) is 2.47. The summed E-state index contributed by atoms with van der Waals surface area (Å²) in [4.78, 5) is 11.0. The van der Waals surface area contributed by atoms with Crippen LogP contribution in [0.1, 0.15) is 30.0 Å². The van der Waals surface area contributed by atoms with E-state index in [0.717, 1.165) is 5.39 Å². The molecule has 0 unspecified atom stereocenters. The van der Waals surface area contributed by atoms with Crippen molar-refractivity contribution in [2.45, 2.75) is 26.9 Å². The van der Waals surface area contributed by atoms with Gasteiger partial charge in [0.25, 0.3) is 0 Å². The predicted molar refractivity (Wildman–Crippen MR) is 63.7 cm³/mol. The van der Waals surface area contributed by atoms with Gasteiger partial charge < -0.3 is 14.3 Å². The molecule has 2 rings (SSSR count). The van der Waals surface area contributed by atoms with Crippen LogP contribution < -0.4 is 4.74 Å². The Morgan fingerprint density at radius 3 is 2.71 bits per heavy atom. The quantitative estimate of drug-likeness (QED) is 0.885. The second-order valence-corrected chi connectivity index (χ2v) is 4.16. The Balaban J connectivity index is 2.66. The van der Waals surface area contributed by atoms with E-state index in [9.17, 15) is 4.79 Å². The molecule has 90 valence electrons. The lowest BCUT2D eigenvalue weighted by molar-refractivity contribution is 0.0664. The molecule has 0 spiro atoms. The predicted octanol–water partition coefficient (Wildman–Crippen LogP) is 3.23. The van der Waals surface area contributed by atoms with Crippen LogP contribution >= 0.6 is 0 Å². The number of rotatable bonds is 3. The van der Waals surface area contributed by atoms with Gasteiger partial charge in [0.05, 0.1) is 11.5 Å². The zero-order chi connectivity index (χ0) is 12.6. The number of furan rings is 1. The maximum absolute atomic E-state index is 11.0. The molecule has 1 heterocycles. The first-order chi connectivity index (χ1) is 8.00. The number of hydrogen-bond acceptors (Lipinski definition) is 3. The fourth-order valence-electron chi connectivity index (χ4n) is 1.82. The molecule has 17 heavy (non-hydrogen) atoms. The van der Waals surface area contributed by atoms with Crippen molar-refractivity contribution >= 4 is 16.9 Å². The minimum Gasteiger partial charge on any atom is -0.490 e. The Morgan fingerprint density at radius 1 is 1.41 bits per heavy atom. The summed E-state index contributed by atoms with van der Waals surface area (Å²) in [6.45, 7) is 5.57. The van der Waals surface area contributed by atoms with E-state index < -0.39 is 5.97 Å². The van der Waals surface area contributed by atoms with Gasteiger partial charge in [0.2, 0.25) is 5.76 Å². The lowest BCUT2D eigenvalue weighted by atomic mass is 10.1. The molecule has 4 nitrogen and oxygen atoms in total. The smallest absolute Gasteiger partial charge is 0.372 e. The van der Waals surface area contributed by atoms with Gasteiger partial charge in [-0.2, -0.15) is 0 Å². The fraction of sp³-hybridized carbons (Fsp3) is 0.308. The van der Waals surface area contributed by atoms with Gasteiger partial charge in [-0.3, -0.25) is 0 Å². The summed E-state index contributed by atoms with van der Waals surface area (Å²) in [5.41, 5.74) is 1.14. The molecule has 0 amide bonds. The molecule has 0 radical (unpaired) electrons. The van der Waals surface area contributed by atoms with Gasteiger partial charge in [-0.1, -0.05) is 6.07 Å². The monoisotopic (exact) mass is 234 g/mol. The van der Waals surface area contributed by atoms with Gasteiger partial charge in [-0.25, -0.2) is 4.79 Å². The van der Waals surface area contributed by atoms with E-state index in [1.807, 2.05) is 19.9 Å². The Labute approximate surface area is 98.8 Å². The van der Waals surface area contributed by atoms with Gasteiger partial charge in [-0.15, -0.1) is 0 Å². The molecule has 0 aliphatic rings. The number of ether oxygens (including phenoxy) is 1. The third kappa shape index (κ3) is 1.98. The summed E-state index contributed by atoms with van der Waals surface area (Å²) >= 11 is 0. The second-order valence-electron chi connectivity index (χ2n) is 4.16. The molecule has 0 saturated heterocycles. The number of aryl methyl sites for hydroxylation is 1. The van der Waals surface area contributed by atoms with Gasteiger partial charge in [0.1, 0.15) is 11.3 Å². The Kier molecular flexibility index (Phi) is 2.79. The SMILES string of the molecule is Cc1c(C(=O)O)oc2cccc(OC(C)C)c12. The maximum atomic E-state index is 11.0. The van der Waals surface area contributed by atoms with Crippen LogP contribution in [0.15, 0.2) is 22.6 Å². The zero-order valence-corrected chi connectivity index (χ0v) is 9.98. The van der Waals surface area contributed by atoms with Crippen molar-refractivity contribution in [3.63, 3.8) is 0 Å². The summed E-state index contributed by atoms with van der Waals surface area (Å²) < 4.78 is 11.0. The molecule has 0 atom stereocenters. The van der Waals surface area contributed by atoms with Crippen molar-refractivity contribution in [2.24, 2.45) is 0 Å². The maximum Gasteiger partial charge on any atom is 0.372 e. The lowest BCUT2D eigenvalue weighted by Gasteiger charge is -2.10. The van der Waals surface area contributed by atoms with Gasteiger partial charge >= 0.3 is 5.97 Å². The summed E-state index contributed by atoms with van der Waals surface area (Å²) in [5.74, 6) is -0.430. The molecule has 2 aromatic rings. The van der Waals surface area contributed by atoms with E-state index in [1.165, 1.54) is 0 Å². The average Bonchev–Trinajstić information content (AvgIpc) is 2.56. The third-order valence-corrected chi connectivity index (χ3v) is 2.47. The number of hydrogen-bond donors (Lipinski definition) is 1. The number of benzene rings is 1. The molecular weight excluding hydrogens is 220 g/mol. The molecule has 0 bridgehead atoms. The zero-order valence-electron chi connectivity index (χ0n) is 9.98. The first kappa shape index (κ1) is 11.5. The van der Waals surface area contributed by atoms with E-state index in [2.05, 4.69) is 0 Å². The van der Waals surface area contributed by atoms with Crippen LogP contribution in [0.2, 0.25) is 0 Å². The van der Waals surface area contributed by atoms with E-state index in [1.54, 1.807) is 19.1 Å². The Bertz CT molecular complexity index is 566. The fourth-order valence-corrected chi connectivity index (χ4v) is 1.82. The number of aromatic carboxylic acids is 1. The lowest BCUT2D eigenvalue weighted by Crippen LogP contribution is -2.05. The highest BCUT2D eigenvalue weighted by molar-refractivity contribution is 5.97. The largest absolute Gasteiger partial charge is 0.490 e. The Morgan fingerprint density at radius 2 is 2.12 bits per heavy atom. The van der Waals surface area contributed by atoms with E-state index in [4.69, 9.17) is 14.3 Å². The van der Waals surface area contributed by atoms with Crippen LogP contribution in [0.4, 0.5) is 0 Å². The van der Waals surface area contributed by atoms with E-state index in [0.29, 0.717) is 16.9 Å². The van der Waals surface area contributed by atoms with Crippen molar-refractivity contribution in [3.05, 3.63) is 29.5 Å². The van der Waals surface area contributed by atoms with E-state index >= 15 is 0 Å². The summed E-state index contributed by atoms with van der Waals surface area (Å²) in [6, 6.07) is 5.34. The minimum atomic E-state index is -1.06. The molecule has 0 saturated carbocycles. The summed E-state index contributed by atoms with van der Waals surface area (Å²) in [5, 5.41) is 9.74. The molecule has 0 fully saturated rings. The molecule has 1 aromatic heterocycles. The van der Waals surface area contributed by atoms with Gasteiger partial charge in [0, 0.05) is 5.56 Å². The Hall–Kier alpha value is -1.97. The van der Waals surface area contributed by atoms with Crippen LogP contribution in [0.25, 0.3) is 11.0 Å². The molecule has 1 N–H and O–H groups in total. The van der Waals surface area contributed by atoms with Crippen molar-refractivity contribution in [3.8, 4) is 5.75 Å². The van der Waals surface area contributed by atoms with Crippen LogP contribution in [-0.2, 0) is 0 Å². The first-order valence-electron chi connectivity index (χ1n) is 5.42. The molecule has 4 heteroatoms. The average molecular weight is 234 g/mol. The topological polar surface area (TPSA) is 59.7 Å². The summed E-state index contributed by atoms with van der Waals surface area (Å²) in [7, 11) is 0. The van der Waals surface area contributed by atoms with Crippen LogP contribution in [-0.4, -0.2) is 17.2 Å².